The Kier molecular flexibility index (Phi) is 3.56. The molecular formula is C11H19N3O2S. The van der Waals surface area contributed by atoms with Gasteiger partial charge < -0.3 is 10.3 Å². The molecule has 6 heteroatoms. The SMILES string of the molecule is Cn1ccc(S(=O)(=O)N2CCC(CN)CC2)c1. The average molecular weight is 257 g/mol. The van der Waals surface area contributed by atoms with E-state index in [2.05, 4.69) is 0 Å². The molecule has 96 valence electrons. The smallest absolute Gasteiger partial charge is 0.244 e. The summed E-state index contributed by atoms with van der Waals surface area (Å²) in [5, 5.41) is 0. The molecule has 0 radical (unpaired) electrons. The molecule has 0 unspecified atom stereocenters. The Bertz CT molecular complexity index is 473. The maximum Gasteiger partial charge on any atom is 0.244 e. The molecule has 0 spiro atoms. The number of sulfonamides is 1. The molecule has 1 aliphatic rings. The van der Waals surface area contributed by atoms with E-state index in [1.807, 2.05) is 7.05 Å². The normalized spacial score (nSPS) is 19.6. The minimum atomic E-state index is -3.30. The molecule has 2 N–H and O–H groups in total. The van der Waals surface area contributed by atoms with Crippen LogP contribution < -0.4 is 5.73 Å². The lowest BCUT2D eigenvalue weighted by molar-refractivity contribution is 0.278. The van der Waals surface area contributed by atoms with Gasteiger partial charge in [-0.25, -0.2) is 8.42 Å². The highest BCUT2D eigenvalue weighted by atomic mass is 32.2. The minimum Gasteiger partial charge on any atom is -0.356 e. The van der Waals surface area contributed by atoms with Crippen molar-refractivity contribution in [2.45, 2.75) is 17.7 Å². The lowest BCUT2D eigenvalue weighted by atomic mass is 9.99. The summed E-state index contributed by atoms with van der Waals surface area (Å²) in [5.74, 6) is 0.470. The Morgan fingerprint density at radius 2 is 2.06 bits per heavy atom. The van der Waals surface area contributed by atoms with Gasteiger partial charge in [-0.15, -0.1) is 0 Å². The number of rotatable bonds is 3. The van der Waals surface area contributed by atoms with E-state index >= 15 is 0 Å². The number of piperidine rings is 1. The van der Waals surface area contributed by atoms with E-state index in [-0.39, 0.29) is 0 Å². The van der Waals surface area contributed by atoms with Crippen LogP contribution in [0.15, 0.2) is 23.4 Å². The predicted molar refractivity (Wildman–Crippen MR) is 66.0 cm³/mol. The number of nitrogens with zero attached hydrogens (tertiary/aromatic N) is 2. The first-order chi connectivity index (χ1) is 8.04. The summed E-state index contributed by atoms with van der Waals surface area (Å²) < 4.78 is 27.9. The van der Waals surface area contributed by atoms with Gasteiger partial charge in [-0.1, -0.05) is 0 Å². The summed E-state index contributed by atoms with van der Waals surface area (Å²) in [5.41, 5.74) is 5.60. The van der Waals surface area contributed by atoms with Crippen LogP contribution in [0, 0.1) is 5.92 Å². The van der Waals surface area contributed by atoms with Gasteiger partial charge in [0.1, 0.15) is 0 Å². The lowest BCUT2D eigenvalue weighted by Crippen LogP contribution is -2.39. The van der Waals surface area contributed by atoms with Gasteiger partial charge in [0, 0.05) is 32.5 Å². The van der Waals surface area contributed by atoms with Crippen LogP contribution in [0.25, 0.3) is 0 Å². The van der Waals surface area contributed by atoms with E-state index in [0.717, 1.165) is 12.8 Å². The molecule has 1 aliphatic heterocycles. The van der Waals surface area contributed by atoms with E-state index in [9.17, 15) is 8.42 Å². The molecule has 2 heterocycles. The first kappa shape index (κ1) is 12.6. The first-order valence-corrected chi connectivity index (χ1v) is 7.30. The van der Waals surface area contributed by atoms with Crippen molar-refractivity contribution in [3.05, 3.63) is 18.5 Å². The Morgan fingerprint density at radius 1 is 1.41 bits per heavy atom. The van der Waals surface area contributed by atoms with Gasteiger partial charge in [-0.05, 0) is 31.4 Å². The second kappa shape index (κ2) is 4.80. The molecule has 0 atom stereocenters. The molecule has 0 aliphatic carbocycles. The quantitative estimate of drug-likeness (QED) is 0.851. The molecule has 0 amide bonds. The molecule has 17 heavy (non-hydrogen) atoms. The molecule has 1 saturated heterocycles. The van der Waals surface area contributed by atoms with Crippen molar-refractivity contribution in [2.75, 3.05) is 19.6 Å². The van der Waals surface area contributed by atoms with Crippen LogP contribution in [0.3, 0.4) is 0 Å². The highest BCUT2D eigenvalue weighted by Crippen LogP contribution is 2.23. The van der Waals surface area contributed by atoms with Gasteiger partial charge in [0.2, 0.25) is 10.0 Å². The third-order valence-corrected chi connectivity index (χ3v) is 5.23. The maximum atomic E-state index is 12.3. The average Bonchev–Trinajstić information content (AvgIpc) is 2.77. The van der Waals surface area contributed by atoms with Gasteiger partial charge in [0.05, 0.1) is 4.90 Å². The number of hydrogen-bond donors (Lipinski definition) is 1. The Morgan fingerprint density at radius 3 is 2.53 bits per heavy atom. The maximum absolute atomic E-state index is 12.3. The van der Waals surface area contributed by atoms with Gasteiger partial charge >= 0.3 is 0 Å². The van der Waals surface area contributed by atoms with E-state index in [4.69, 9.17) is 5.73 Å². The second-order valence-corrected chi connectivity index (χ2v) is 6.53. The lowest BCUT2D eigenvalue weighted by Gasteiger charge is -2.30. The molecular weight excluding hydrogens is 238 g/mol. The van der Waals surface area contributed by atoms with Crippen LogP contribution in [0.2, 0.25) is 0 Å². The van der Waals surface area contributed by atoms with Gasteiger partial charge in [-0.2, -0.15) is 4.31 Å². The van der Waals surface area contributed by atoms with E-state index in [1.54, 1.807) is 27.3 Å². The number of hydrogen-bond acceptors (Lipinski definition) is 3. The number of nitrogens with two attached hydrogens (primary N) is 1. The van der Waals surface area contributed by atoms with Crippen LogP contribution in [0.1, 0.15) is 12.8 Å². The monoisotopic (exact) mass is 257 g/mol. The largest absolute Gasteiger partial charge is 0.356 e. The summed E-state index contributed by atoms with van der Waals surface area (Å²) in [6.45, 7) is 1.82. The van der Waals surface area contributed by atoms with Crippen molar-refractivity contribution >= 4 is 10.0 Å². The van der Waals surface area contributed by atoms with Gasteiger partial charge in [0.15, 0.2) is 0 Å². The van der Waals surface area contributed by atoms with E-state index < -0.39 is 10.0 Å². The molecule has 0 saturated carbocycles. The molecule has 1 aromatic rings. The highest BCUT2D eigenvalue weighted by molar-refractivity contribution is 7.89. The standard InChI is InChI=1S/C11H19N3O2S/c1-13-5-4-11(9-13)17(15,16)14-6-2-10(8-12)3-7-14/h4-5,9-10H,2-3,6-8,12H2,1H3. The molecule has 1 fully saturated rings. The van der Waals surface area contributed by atoms with Crippen molar-refractivity contribution < 1.29 is 8.42 Å². The summed E-state index contributed by atoms with van der Waals surface area (Å²) in [7, 11) is -1.48. The minimum absolute atomic E-state index is 0.381. The zero-order valence-corrected chi connectivity index (χ0v) is 10.9. The summed E-state index contributed by atoms with van der Waals surface area (Å²) in [6, 6.07) is 1.64. The molecule has 2 rings (SSSR count). The zero-order valence-electron chi connectivity index (χ0n) is 10.0. The Hall–Kier alpha value is -0.850. The molecule has 0 bridgehead atoms. The summed E-state index contributed by atoms with van der Waals surface area (Å²) in [6.07, 6.45) is 5.12. The van der Waals surface area contributed by atoms with Gasteiger partial charge in [-0.3, -0.25) is 0 Å². The highest BCUT2D eigenvalue weighted by Gasteiger charge is 2.29. The fourth-order valence-corrected chi connectivity index (χ4v) is 3.69. The fourth-order valence-electron chi connectivity index (χ4n) is 2.16. The first-order valence-electron chi connectivity index (χ1n) is 5.86. The molecule has 0 aromatic carbocycles. The van der Waals surface area contributed by atoms with E-state index in [1.165, 1.54) is 0 Å². The van der Waals surface area contributed by atoms with Crippen molar-refractivity contribution in [3.8, 4) is 0 Å². The van der Waals surface area contributed by atoms with Crippen molar-refractivity contribution in [3.63, 3.8) is 0 Å². The third kappa shape index (κ3) is 2.53. The second-order valence-electron chi connectivity index (χ2n) is 4.60. The third-order valence-electron chi connectivity index (χ3n) is 3.35. The van der Waals surface area contributed by atoms with Crippen molar-refractivity contribution in [1.82, 2.24) is 8.87 Å². The molecule has 1 aromatic heterocycles. The van der Waals surface area contributed by atoms with Crippen LogP contribution in [-0.4, -0.2) is 36.9 Å². The van der Waals surface area contributed by atoms with Crippen LogP contribution in [0.5, 0.6) is 0 Å². The Labute approximate surface area is 102 Å². The van der Waals surface area contributed by atoms with E-state index in [0.29, 0.717) is 30.4 Å². The topological polar surface area (TPSA) is 68.3 Å². The van der Waals surface area contributed by atoms with Crippen LogP contribution >= 0.6 is 0 Å². The number of aromatic nitrogens is 1. The Balaban J connectivity index is 2.12. The fraction of sp³-hybridized carbons (Fsp3) is 0.636. The van der Waals surface area contributed by atoms with Crippen molar-refractivity contribution in [1.29, 1.82) is 0 Å². The van der Waals surface area contributed by atoms with Crippen molar-refractivity contribution in [2.24, 2.45) is 18.7 Å². The van der Waals surface area contributed by atoms with Crippen LogP contribution in [0.4, 0.5) is 0 Å². The number of aryl methyl sites for hydroxylation is 1. The predicted octanol–water partition coefficient (Wildman–Crippen LogP) is 0.385. The van der Waals surface area contributed by atoms with Gasteiger partial charge in [0.25, 0.3) is 0 Å². The molecule has 5 nitrogen and oxygen atoms in total. The summed E-state index contributed by atoms with van der Waals surface area (Å²) >= 11 is 0. The summed E-state index contributed by atoms with van der Waals surface area (Å²) in [4.78, 5) is 0.381. The zero-order chi connectivity index (χ0) is 12.5. The van der Waals surface area contributed by atoms with Crippen LogP contribution in [-0.2, 0) is 17.1 Å².